The van der Waals surface area contributed by atoms with Crippen LogP contribution in [0.15, 0.2) is 18.2 Å². The average molecular weight is 400 g/mol. The normalized spacial score (nSPS) is 15.1. The van der Waals surface area contributed by atoms with Gasteiger partial charge in [-0.05, 0) is 57.9 Å². The second-order valence-electron chi connectivity index (χ2n) is 7.01. The minimum Gasteiger partial charge on any atom is -0.493 e. The summed E-state index contributed by atoms with van der Waals surface area (Å²) in [6.45, 7) is 4.10. The molecule has 0 radical (unpaired) electrons. The molecule has 1 heterocycles. The topological polar surface area (TPSA) is 54.0 Å². The highest BCUT2D eigenvalue weighted by Gasteiger charge is 2.22. The van der Waals surface area contributed by atoms with Gasteiger partial charge in [-0.2, -0.15) is 0 Å². The smallest absolute Gasteiger partial charge is 0.236 e. The Hall–Kier alpha value is -1.50. The summed E-state index contributed by atoms with van der Waals surface area (Å²) >= 11 is 0. The Kier molecular flexibility index (Phi) is 10.5. The molecule has 154 valence electrons. The highest BCUT2D eigenvalue weighted by molar-refractivity contribution is 5.85. The van der Waals surface area contributed by atoms with Crippen LogP contribution in [0.2, 0.25) is 0 Å². The van der Waals surface area contributed by atoms with E-state index in [2.05, 4.69) is 10.2 Å². The molecule has 1 aromatic rings. The number of amides is 1. The maximum atomic E-state index is 12.6. The van der Waals surface area contributed by atoms with Crippen LogP contribution in [0.4, 0.5) is 0 Å². The minimum absolute atomic E-state index is 0. The van der Waals surface area contributed by atoms with E-state index in [0.717, 1.165) is 31.1 Å². The van der Waals surface area contributed by atoms with Crippen molar-refractivity contribution < 1.29 is 14.3 Å². The van der Waals surface area contributed by atoms with Gasteiger partial charge in [0.2, 0.25) is 5.91 Å². The van der Waals surface area contributed by atoms with Crippen LogP contribution < -0.4 is 14.8 Å². The molecule has 1 amide bonds. The summed E-state index contributed by atoms with van der Waals surface area (Å²) in [5.41, 5.74) is 0.952. The lowest BCUT2D eigenvalue weighted by molar-refractivity contribution is -0.132. The molecule has 1 aliphatic rings. The summed E-state index contributed by atoms with van der Waals surface area (Å²) < 4.78 is 10.8. The van der Waals surface area contributed by atoms with Gasteiger partial charge in [-0.15, -0.1) is 12.4 Å². The van der Waals surface area contributed by atoms with Gasteiger partial charge in [0.15, 0.2) is 11.5 Å². The Bertz CT molecular complexity index is 578. The standard InChI is InChI=1S/C20H33N3O3.ClH/c1-21-11-8-16-9-12-23(13-10-16)15-19(24)22(2)14-17-6-5-7-18(25-3)20(17)26-4;/h5-7,16,21H,8-15H2,1-4H3;1H. The molecule has 0 atom stereocenters. The number of nitrogens with one attached hydrogen (secondary N) is 1. The number of hydrogen-bond donors (Lipinski definition) is 1. The molecule has 6 nitrogen and oxygen atoms in total. The molecule has 27 heavy (non-hydrogen) atoms. The van der Waals surface area contributed by atoms with Crippen molar-refractivity contribution in [2.75, 3.05) is 54.5 Å². The number of hydrogen-bond acceptors (Lipinski definition) is 5. The molecule has 1 aromatic carbocycles. The molecule has 1 aliphatic heterocycles. The van der Waals surface area contributed by atoms with E-state index in [9.17, 15) is 4.79 Å². The third-order valence-corrected chi connectivity index (χ3v) is 5.19. The van der Waals surface area contributed by atoms with E-state index >= 15 is 0 Å². The number of carbonyl (C=O) groups is 1. The third-order valence-electron chi connectivity index (χ3n) is 5.19. The number of piperidine rings is 1. The van der Waals surface area contributed by atoms with Gasteiger partial charge in [-0.25, -0.2) is 0 Å². The van der Waals surface area contributed by atoms with E-state index in [-0.39, 0.29) is 18.3 Å². The zero-order valence-electron chi connectivity index (χ0n) is 17.0. The van der Waals surface area contributed by atoms with Crippen molar-refractivity contribution in [3.05, 3.63) is 23.8 Å². The van der Waals surface area contributed by atoms with Gasteiger partial charge in [-0.1, -0.05) is 12.1 Å². The predicted octanol–water partition coefficient (Wildman–Crippen LogP) is 2.41. The Morgan fingerprint density at radius 3 is 2.56 bits per heavy atom. The number of methoxy groups -OCH3 is 2. The number of benzene rings is 1. The lowest BCUT2D eigenvalue weighted by atomic mass is 9.93. The van der Waals surface area contributed by atoms with Crippen LogP contribution in [-0.4, -0.2) is 70.2 Å². The first kappa shape index (κ1) is 23.5. The number of para-hydroxylation sites is 1. The summed E-state index contributed by atoms with van der Waals surface area (Å²) in [5, 5.41) is 3.22. The van der Waals surface area contributed by atoms with Crippen molar-refractivity contribution in [2.45, 2.75) is 25.8 Å². The van der Waals surface area contributed by atoms with Gasteiger partial charge in [0.05, 0.1) is 20.8 Å². The number of rotatable bonds is 9. The van der Waals surface area contributed by atoms with Gasteiger partial charge in [0.1, 0.15) is 0 Å². The fourth-order valence-electron chi connectivity index (χ4n) is 3.52. The first-order valence-corrected chi connectivity index (χ1v) is 9.39. The van der Waals surface area contributed by atoms with Gasteiger partial charge >= 0.3 is 0 Å². The summed E-state index contributed by atoms with van der Waals surface area (Å²) in [6.07, 6.45) is 3.60. The molecule has 0 aromatic heterocycles. The summed E-state index contributed by atoms with van der Waals surface area (Å²) in [5.74, 6) is 2.31. The SMILES string of the molecule is CNCCC1CCN(CC(=O)N(C)Cc2cccc(OC)c2OC)CC1.Cl. The van der Waals surface area contributed by atoms with Crippen molar-refractivity contribution in [1.82, 2.24) is 15.1 Å². The number of likely N-dealkylation sites (tertiary alicyclic amines) is 1. The first-order valence-electron chi connectivity index (χ1n) is 9.39. The van der Waals surface area contributed by atoms with Crippen molar-refractivity contribution in [3.63, 3.8) is 0 Å². The van der Waals surface area contributed by atoms with Crippen LogP contribution in [0.25, 0.3) is 0 Å². The average Bonchev–Trinajstić information content (AvgIpc) is 2.67. The lowest BCUT2D eigenvalue weighted by Crippen LogP contribution is -2.42. The van der Waals surface area contributed by atoms with Crippen LogP contribution in [-0.2, 0) is 11.3 Å². The number of halogens is 1. The molecule has 1 saturated heterocycles. The Labute approximate surface area is 169 Å². The molecular weight excluding hydrogens is 366 g/mol. The molecule has 0 aliphatic carbocycles. The fourth-order valence-corrected chi connectivity index (χ4v) is 3.52. The van der Waals surface area contributed by atoms with E-state index in [0.29, 0.717) is 24.6 Å². The maximum absolute atomic E-state index is 12.6. The zero-order chi connectivity index (χ0) is 18.9. The third kappa shape index (κ3) is 6.87. The maximum Gasteiger partial charge on any atom is 0.236 e. The quantitative estimate of drug-likeness (QED) is 0.691. The van der Waals surface area contributed by atoms with Crippen LogP contribution in [0.1, 0.15) is 24.8 Å². The Balaban J connectivity index is 0.00000364. The van der Waals surface area contributed by atoms with Crippen LogP contribution in [0.5, 0.6) is 11.5 Å². The Morgan fingerprint density at radius 1 is 1.26 bits per heavy atom. The summed E-state index contributed by atoms with van der Waals surface area (Å²) in [6, 6.07) is 5.76. The van der Waals surface area contributed by atoms with E-state index in [1.54, 1.807) is 19.1 Å². The van der Waals surface area contributed by atoms with Crippen LogP contribution in [0.3, 0.4) is 0 Å². The molecule has 0 spiro atoms. The largest absolute Gasteiger partial charge is 0.493 e. The second kappa shape index (κ2) is 12.1. The summed E-state index contributed by atoms with van der Waals surface area (Å²) in [7, 11) is 7.10. The highest BCUT2D eigenvalue weighted by Crippen LogP contribution is 2.31. The van der Waals surface area contributed by atoms with Gasteiger partial charge in [0, 0.05) is 19.2 Å². The van der Waals surface area contributed by atoms with Gasteiger partial charge < -0.3 is 19.7 Å². The molecule has 2 rings (SSSR count). The van der Waals surface area contributed by atoms with Gasteiger partial charge in [0.25, 0.3) is 0 Å². The van der Waals surface area contributed by atoms with E-state index in [4.69, 9.17) is 9.47 Å². The lowest BCUT2D eigenvalue weighted by Gasteiger charge is -2.32. The number of likely N-dealkylation sites (N-methyl/N-ethyl adjacent to an activating group) is 1. The summed E-state index contributed by atoms with van der Waals surface area (Å²) in [4.78, 5) is 16.7. The van der Waals surface area contributed by atoms with E-state index < -0.39 is 0 Å². The van der Waals surface area contributed by atoms with Crippen LogP contribution in [0, 0.1) is 5.92 Å². The van der Waals surface area contributed by atoms with Gasteiger partial charge in [-0.3, -0.25) is 9.69 Å². The molecule has 7 heteroatoms. The number of ether oxygens (including phenoxy) is 2. The second-order valence-corrected chi connectivity index (χ2v) is 7.01. The highest BCUT2D eigenvalue weighted by atomic mass is 35.5. The van der Waals surface area contributed by atoms with Crippen molar-refractivity contribution in [1.29, 1.82) is 0 Å². The number of nitrogens with zero attached hydrogens (tertiary/aromatic N) is 2. The zero-order valence-corrected chi connectivity index (χ0v) is 17.8. The van der Waals surface area contributed by atoms with Crippen LogP contribution >= 0.6 is 12.4 Å². The van der Waals surface area contributed by atoms with Crippen molar-refractivity contribution >= 4 is 18.3 Å². The molecule has 0 bridgehead atoms. The van der Waals surface area contributed by atoms with Crippen molar-refractivity contribution in [3.8, 4) is 11.5 Å². The van der Waals surface area contributed by atoms with E-state index in [1.165, 1.54) is 19.3 Å². The van der Waals surface area contributed by atoms with E-state index in [1.807, 2.05) is 32.3 Å². The monoisotopic (exact) mass is 399 g/mol. The molecule has 0 unspecified atom stereocenters. The minimum atomic E-state index is 0. The van der Waals surface area contributed by atoms with Crippen molar-refractivity contribution in [2.24, 2.45) is 5.92 Å². The predicted molar refractivity (Wildman–Crippen MR) is 111 cm³/mol. The number of carbonyl (C=O) groups excluding carboxylic acids is 1. The Morgan fingerprint density at radius 2 is 1.96 bits per heavy atom. The fraction of sp³-hybridized carbons (Fsp3) is 0.650. The molecule has 1 fully saturated rings. The molecule has 0 saturated carbocycles. The molecular formula is C20H34ClN3O3. The first-order chi connectivity index (χ1) is 12.6. The molecule has 1 N–H and O–H groups in total.